The maximum Gasteiger partial charge on any atom is 0.337 e. The quantitative estimate of drug-likeness (QED) is 0.677. The minimum absolute atomic E-state index is 0.246. The fourth-order valence-electron chi connectivity index (χ4n) is 2.00. The van der Waals surface area contributed by atoms with Crippen molar-refractivity contribution in [3.63, 3.8) is 0 Å². The number of carboxylic acid groups (broad SMARTS) is 1. The third-order valence-electron chi connectivity index (χ3n) is 3.18. The topological polar surface area (TPSA) is 67.8 Å². The molecule has 2 aromatic carbocycles. The number of halogens is 1. The summed E-state index contributed by atoms with van der Waals surface area (Å²) < 4.78 is 11.4. The van der Waals surface area contributed by atoms with Crippen LogP contribution in [0.3, 0.4) is 0 Å². The Morgan fingerprint density at radius 3 is 2.52 bits per heavy atom. The van der Waals surface area contributed by atoms with Gasteiger partial charge in [-0.2, -0.15) is 0 Å². The number of carbonyl (C=O) groups is 1. The summed E-state index contributed by atoms with van der Waals surface area (Å²) in [6.07, 6.45) is 0.751. The van der Waals surface area contributed by atoms with Crippen molar-refractivity contribution in [2.24, 2.45) is 0 Å². The summed E-state index contributed by atoms with van der Waals surface area (Å²) in [4.78, 5) is 11.2. The molecular weight excluding hydrogens is 362 g/mol. The summed E-state index contributed by atoms with van der Waals surface area (Å²) in [6.45, 7) is 1.16. The predicted molar refractivity (Wildman–Crippen MR) is 92.7 cm³/mol. The van der Waals surface area contributed by atoms with Crippen molar-refractivity contribution in [2.45, 2.75) is 6.42 Å². The molecule has 0 saturated carbocycles. The van der Waals surface area contributed by atoms with Gasteiger partial charge in [-0.3, -0.25) is 0 Å². The van der Waals surface area contributed by atoms with E-state index in [0.717, 1.165) is 22.4 Å². The Hall–Kier alpha value is -2.21. The van der Waals surface area contributed by atoms with Crippen LogP contribution in [0.2, 0.25) is 0 Å². The number of aromatic carboxylic acids is 1. The minimum Gasteiger partial charge on any atom is -0.497 e. The molecule has 2 N–H and O–H groups in total. The molecule has 0 aromatic heterocycles. The molecule has 2 aromatic rings. The van der Waals surface area contributed by atoms with E-state index in [1.807, 2.05) is 30.3 Å². The average Bonchev–Trinajstić information content (AvgIpc) is 2.56. The monoisotopic (exact) mass is 379 g/mol. The van der Waals surface area contributed by atoms with Crippen LogP contribution in [-0.2, 0) is 0 Å². The summed E-state index contributed by atoms with van der Waals surface area (Å²) in [5, 5.41) is 12.3. The normalized spacial score (nSPS) is 10.2. The molecule has 0 saturated heterocycles. The zero-order valence-electron chi connectivity index (χ0n) is 12.7. The molecule has 5 nitrogen and oxygen atoms in total. The van der Waals surface area contributed by atoms with Crippen molar-refractivity contribution in [3.8, 4) is 11.5 Å². The van der Waals surface area contributed by atoms with Crippen molar-refractivity contribution < 1.29 is 19.4 Å². The lowest BCUT2D eigenvalue weighted by Crippen LogP contribution is -2.10. The highest BCUT2D eigenvalue weighted by Gasteiger charge is 2.09. The zero-order chi connectivity index (χ0) is 16.7. The Morgan fingerprint density at radius 2 is 1.87 bits per heavy atom. The second-order valence-corrected chi connectivity index (χ2v) is 5.72. The second kappa shape index (κ2) is 8.43. The number of ether oxygens (including phenoxy) is 2. The van der Waals surface area contributed by atoms with Crippen molar-refractivity contribution in [2.75, 3.05) is 25.6 Å². The first-order chi connectivity index (χ1) is 11.1. The van der Waals surface area contributed by atoms with Crippen molar-refractivity contribution in [1.82, 2.24) is 0 Å². The smallest absolute Gasteiger partial charge is 0.337 e. The third kappa shape index (κ3) is 5.17. The number of benzene rings is 2. The van der Waals surface area contributed by atoms with Gasteiger partial charge in [0.1, 0.15) is 11.5 Å². The number of hydrogen-bond acceptors (Lipinski definition) is 4. The molecule has 122 valence electrons. The van der Waals surface area contributed by atoms with Crippen LogP contribution in [0, 0.1) is 0 Å². The highest BCUT2D eigenvalue weighted by molar-refractivity contribution is 9.10. The van der Waals surface area contributed by atoms with Crippen LogP contribution < -0.4 is 14.8 Å². The van der Waals surface area contributed by atoms with E-state index in [0.29, 0.717) is 18.8 Å². The highest BCUT2D eigenvalue weighted by Crippen LogP contribution is 2.21. The number of hydrogen-bond donors (Lipinski definition) is 2. The Bertz CT molecular complexity index is 658. The molecule has 2 rings (SSSR count). The van der Waals surface area contributed by atoms with Gasteiger partial charge in [0.15, 0.2) is 0 Å². The number of methoxy groups -OCH3 is 1. The molecule has 0 amide bonds. The maximum absolute atomic E-state index is 11.2. The van der Waals surface area contributed by atoms with Gasteiger partial charge in [-0.1, -0.05) is 15.9 Å². The molecule has 0 atom stereocenters. The summed E-state index contributed by atoms with van der Waals surface area (Å²) >= 11 is 3.27. The first kappa shape index (κ1) is 17.1. The van der Waals surface area contributed by atoms with Gasteiger partial charge in [-0.25, -0.2) is 4.79 Å². The molecule has 6 heteroatoms. The number of carboxylic acids is 1. The standard InChI is InChI=1S/C17H18BrNO4/c1-22-13-4-6-14(7-5-13)23-10-2-9-19-16-8-3-12(18)11-15(16)17(20)21/h3-8,11,19H,2,9-10H2,1H3,(H,20,21). The van der Waals surface area contributed by atoms with Gasteiger partial charge >= 0.3 is 5.97 Å². The van der Waals surface area contributed by atoms with Crippen LogP contribution in [0.5, 0.6) is 11.5 Å². The molecular formula is C17H18BrNO4. The average molecular weight is 380 g/mol. The second-order valence-electron chi connectivity index (χ2n) is 4.80. The fourth-order valence-corrected chi connectivity index (χ4v) is 2.37. The summed E-state index contributed by atoms with van der Waals surface area (Å²) in [6, 6.07) is 12.5. The van der Waals surface area contributed by atoms with Gasteiger partial charge in [-0.15, -0.1) is 0 Å². The van der Waals surface area contributed by atoms with E-state index in [2.05, 4.69) is 21.2 Å². The lowest BCUT2D eigenvalue weighted by atomic mass is 10.2. The molecule has 0 unspecified atom stereocenters. The molecule has 0 aliphatic carbocycles. The van der Waals surface area contributed by atoms with Gasteiger partial charge < -0.3 is 19.9 Å². The molecule has 0 radical (unpaired) electrons. The Labute approximate surface area is 143 Å². The summed E-state index contributed by atoms with van der Waals surface area (Å²) in [5.74, 6) is 0.611. The number of rotatable bonds is 8. The molecule has 23 heavy (non-hydrogen) atoms. The molecule has 0 spiro atoms. The van der Waals surface area contributed by atoms with Gasteiger partial charge in [0.25, 0.3) is 0 Å². The summed E-state index contributed by atoms with van der Waals surface area (Å²) in [5.41, 5.74) is 0.848. The largest absolute Gasteiger partial charge is 0.497 e. The predicted octanol–water partition coefficient (Wildman–Crippen LogP) is 4.04. The maximum atomic E-state index is 11.2. The molecule has 0 aliphatic heterocycles. The van der Waals surface area contributed by atoms with Crippen LogP contribution >= 0.6 is 15.9 Å². The van der Waals surface area contributed by atoms with Gasteiger partial charge in [-0.05, 0) is 48.9 Å². The van der Waals surface area contributed by atoms with Crippen LogP contribution in [0.25, 0.3) is 0 Å². The first-order valence-corrected chi connectivity index (χ1v) is 7.93. The summed E-state index contributed by atoms with van der Waals surface area (Å²) in [7, 11) is 1.62. The molecule has 0 fully saturated rings. The van der Waals surface area contributed by atoms with Crippen LogP contribution in [0.15, 0.2) is 46.9 Å². The van der Waals surface area contributed by atoms with E-state index in [1.54, 1.807) is 19.2 Å². The van der Waals surface area contributed by atoms with Gasteiger partial charge in [0.2, 0.25) is 0 Å². The minimum atomic E-state index is -0.955. The highest BCUT2D eigenvalue weighted by atomic mass is 79.9. The van der Waals surface area contributed by atoms with E-state index >= 15 is 0 Å². The number of nitrogens with one attached hydrogen (secondary N) is 1. The van der Waals surface area contributed by atoms with Crippen molar-refractivity contribution in [3.05, 3.63) is 52.5 Å². The molecule has 0 bridgehead atoms. The van der Waals surface area contributed by atoms with Crippen molar-refractivity contribution >= 4 is 27.6 Å². The SMILES string of the molecule is COc1ccc(OCCCNc2ccc(Br)cc2C(=O)O)cc1. The zero-order valence-corrected chi connectivity index (χ0v) is 14.3. The van der Waals surface area contributed by atoms with Crippen LogP contribution in [-0.4, -0.2) is 31.3 Å². The molecule has 0 aliphatic rings. The lowest BCUT2D eigenvalue weighted by molar-refractivity contribution is 0.0698. The first-order valence-electron chi connectivity index (χ1n) is 7.13. The molecule has 0 heterocycles. The number of anilines is 1. The lowest BCUT2D eigenvalue weighted by Gasteiger charge is -2.11. The van der Waals surface area contributed by atoms with Crippen molar-refractivity contribution in [1.29, 1.82) is 0 Å². The van der Waals surface area contributed by atoms with Crippen LogP contribution in [0.1, 0.15) is 16.8 Å². The van der Waals surface area contributed by atoms with Gasteiger partial charge in [0, 0.05) is 16.7 Å². The van der Waals surface area contributed by atoms with E-state index in [-0.39, 0.29) is 5.56 Å². The third-order valence-corrected chi connectivity index (χ3v) is 3.67. The van der Waals surface area contributed by atoms with E-state index in [4.69, 9.17) is 9.47 Å². The Balaban J connectivity index is 1.78. The fraction of sp³-hybridized carbons (Fsp3) is 0.235. The Kier molecular flexibility index (Phi) is 6.29. The van der Waals surface area contributed by atoms with Crippen LogP contribution in [0.4, 0.5) is 5.69 Å². The van der Waals surface area contributed by atoms with E-state index in [9.17, 15) is 9.90 Å². The Morgan fingerprint density at radius 1 is 1.17 bits per heavy atom. The van der Waals surface area contributed by atoms with E-state index < -0.39 is 5.97 Å². The van der Waals surface area contributed by atoms with Gasteiger partial charge in [0.05, 0.1) is 19.3 Å². The van der Waals surface area contributed by atoms with E-state index in [1.165, 1.54) is 0 Å².